The summed E-state index contributed by atoms with van der Waals surface area (Å²) in [6.07, 6.45) is 3.14. The van der Waals surface area contributed by atoms with Gasteiger partial charge in [-0.1, -0.05) is 26.7 Å². The van der Waals surface area contributed by atoms with E-state index in [9.17, 15) is 9.59 Å². The third-order valence-corrected chi connectivity index (χ3v) is 3.96. The standard InChI is InChI=1S/C13H23NO3/c1-4-10(5-2)8-11(15)14-7-6-13(3,9-14)12(16)17/h10H,4-9H2,1-3H3,(H,16,17). The van der Waals surface area contributed by atoms with Crippen LogP contribution in [0.3, 0.4) is 0 Å². The number of likely N-dealkylation sites (tertiary alicyclic amines) is 1. The third kappa shape index (κ3) is 3.20. The molecule has 1 unspecified atom stereocenters. The molecule has 0 bridgehead atoms. The normalized spacial score (nSPS) is 24.4. The van der Waals surface area contributed by atoms with Crippen molar-refractivity contribution in [2.24, 2.45) is 11.3 Å². The van der Waals surface area contributed by atoms with Gasteiger partial charge in [0.15, 0.2) is 0 Å². The number of aliphatic carboxylic acids is 1. The van der Waals surface area contributed by atoms with Crippen LogP contribution in [0.2, 0.25) is 0 Å². The highest BCUT2D eigenvalue weighted by Crippen LogP contribution is 2.31. The maximum Gasteiger partial charge on any atom is 0.311 e. The molecular formula is C13H23NO3. The van der Waals surface area contributed by atoms with Crippen LogP contribution in [0.15, 0.2) is 0 Å². The summed E-state index contributed by atoms with van der Waals surface area (Å²) in [5.41, 5.74) is -0.746. The largest absolute Gasteiger partial charge is 0.481 e. The predicted octanol–water partition coefficient (Wildman–Crippen LogP) is 2.14. The van der Waals surface area contributed by atoms with Gasteiger partial charge in [-0.05, 0) is 19.3 Å². The number of carboxylic acid groups (broad SMARTS) is 1. The van der Waals surface area contributed by atoms with Gasteiger partial charge in [-0.2, -0.15) is 0 Å². The molecule has 0 saturated carbocycles. The number of rotatable bonds is 5. The second-order valence-electron chi connectivity index (χ2n) is 5.32. The first kappa shape index (κ1) is 14.0. The van der Waals surface area contributed by atoms with E-state index in [1.807, 2.05) is 0 Å². The van der Waals surface area contributed by atoms with Crippen molar-refractivity contribution < 1.29 is 14.7 Å². The summed E-state index contributed by atoms with van der Waals surface area (Å²) in [6.45, 7) is 6.85. The highest BCUT2D eigenvalue weighted by Gasteiger charge is 2.42. The Labute approximate surface area is 103 Å². The van der Waals surface area contributed by atoms with E-state index in [-0.39, 0.29) is 5.91 Å². The Morgan fingerprint density at radius 2 is 1.94 bits per heavy atom. The Morgan fingerprint density at radius 1 is 1.35 bits per heavy atom. The average molecular weight is 241 g/mol. The minimum absolute atomic E-state index is 0.115. The molecule has 0 aromatic carbocycles. The van der Waals surface area contributed by atoms with Gasteiger partial charge in [0.25, 0.3) is 0 Å². The summed E-state index contributed by atoms with van der Waals surface area (Å²) < 4.78 is 0. The lowest BCUT2D eigenvalue weighted by molar-refractivity contribution is -0.147. The third-order valence-electron chi connectivity index (χ3n) is 3.96. The zero-order valence-electron chi connectivity index (χ0n) is 11.0. The zero-order chi connectivity index (χ0) is 13.1. The summed E-state index contributed by atoms with van der Waals surface area (Å²) in [4.78, 5) is 24.8. The number of hydrogen-bond acceptors (Lipinski definition) is 2. The summed E-state index contributed by atoms with van der Waals surface area (Å²) >= 11 is 0. The lowest BCUT2D eigenvalue weighted by atomic mass is 9.90. The molecule has 4 nitrogen and oxygen atoms in total. The van der Waals surface area contributed by atoms with Crippen LogP contribution in [-0.4, -0.2) is 35.0 Å². The highest BCUT2D eigenvalue weighted by molar-refractivity contribution is 5.80. The molecule has 1 amide bonds. The van der Waals surface area contributed by atoms with Gasteiger partial charge in [0, 0.05) is 19.5 Å². The van der Waals surface area contributed by atoms with E-state index in [0.29, 0.717) is 31.8 Å². The fourth-order valence-corrected chi connectivity index (χ4v) is 2.30. The van der Waals surface area contributed by atoms with E-state index < -0.39 is 11.4 Å². The van der Waals surface area contributed by atoms with Gasteiger partial charge >= 0.3 is 5.97 Å². The van der Waals surface area contributed by atoms with Gasteiger partial charge in [-0.25, -0.2) is 0 Å². The Kier molecular flexibility index (Phi) is 4.54. The van der Waals surface area contributed by atoms with E-state index in [1.165, 1.54) is 0 Å². The van der Waals surface area contributed by atoms with Crippen LogP contribution < -0.4 is 0 Å². The molecular weight excluding hydrogens is 218 g/mol. The van der Waals surface area contributed by atoms with Crippen molar-refractivity contribution in [1.82, 2.24) is 4.90 Å². The van der Waals surface area contributed by atoms with Crippen LogP contribution >= 0.6 is 0 Å². The van der Waals surface area contributed by atoms with Crippen LogP contribution in [0.25, 0.3) is 0 Å². The average Bonchev–Trinajstić information content (AvgIpc) is 2.70. The Balaban J connectivity index is 2.54. The molecule has 0 aliphatic carbocycles. The maximum atomic E-state index is 12.0. The van der Waals surface area contributed by atoms with Gasteiger partial charge in [0.2, 0.25) is 5.91 Å². The molecule has 1 heterocycles. The zero-order valence-corrected chi connectivity index (χ0v) is 11.0. The van der Waals surface area contributed by atoms with Crippen molar-refractivity contribution in [3.05, 3.63) is 0 Å². The summed E-state index contributed by atoms with van der Waals surface area (Å²) in [6, 6.07) is 0. The Bertz CT molecular complexity index is 299. The van der Waals surface area contributed by atoms with Crippen molar-refractivity contribution in [2.75, 3.05) is 13.1 Å². The van der Waals surface area contributed by atoms with Gasteiger partial charge in [0.1, 0.15) is 0 Å². The highest BCUT2D eigenvalue weighted by atomic mass is 16.4. The maximum absolute atomic E-state index is 12.0. The van der Waals surface area contributed by atoms with Crippen molar-refractivity contribution >= 4 is 11.9 Å². The molecule has 1 N–H and O–H groups in total. The van der Waals surface area contributed by atoms with Gasteiger partial charge in [-0.3, -0.25) is 9.59 Å². The second-order valence-corrected chi connectivity index (χ2v) is 5.32. The SMILES string of the molecule is CCC(CC)CC(=O)N1CCC(C)(C(=O)O)C1. The first-order valence-corrected chi connectivity index (χ1v) is 6.44. The van der Waals surface area contributed by atoms with E-state index in [4.69, 9.17) is 5.11 Å². The van der Waals surface area contributed by atoms with Crippen LogP contribution in [0, 0.1) is 11.3 Å². The molecule has 1 saturated heterocycles. The summed E-state index contributed by atoms with van der Waals surface area (Å²) in [5.74, 6) is -0.252. The number of carbonyl (C=O) groups excluding carboxylic acids is 1. The van der Waals surface area contributed by atoms with Crippen molar-refractivity contribution in [2.45, 2.75) is 46.5 Å². The fourth-order valence-electron chi connectivity index (χ4n) is 2.30. The topological polar surface area (TPSA) is 57.6 Å². The number of amides is 1. The summed E-state index contributed by atoms with van der Waals surface area (Å²) in [5, 5.41) is 9.11. The number of hydrogen-bond donors (Lipinski definition) is 1. The molecule has 98 valence electrons. The molecule has 1 aliphatic heterocycles. The molecule has 1 atom stereocenters. The number of nitrogens with zero attached hydrogens (tertiary/aromatic N) is 1. The van der Waals surface area contributed by atoms with Gasteiger partial charge in [0.05, 0.1) is 5.41 Å². The number of carboxylic acids is 1. The quantitative estimate of drug-likeness (QED) is 0.802. The molecule has 1 fully saturated rings. The molecule has 0 spiro atoms. The molecule has 0 aromatic rings. The van der Waals surface area contributed by atoms with Gasteiger partial charge < -0.3 is 10.0 Å². The van der Waals surface area contributed by atoms with Crippen molar-refractivity contribution in [1.29, 1.82) is 0 Å². The van der Waals surface area contributed by atoms with Crippen LogP contribution in [0.1, 0.15) is 46.5 Å². The van der Waals surface area contributed by atoms with E-state index in [2.05, 4.69) is 13.8 Å². The second kappa shape index (κ2) is 5.52. The molecule has 0 radical (unpaired) electrons. The minimum atomic E-state index is -0.796. The first-order valence-electron chi connectivity index (χ1n) is 6.44. The monoisotopic (exact) mass is 241 g/mol. The molecule has 17 heavy (non-hydrogen) atoms. The van der Waals surface area contributed by atoms with Crippen LogP contribution in [-0.2, 0) is 9.59 Å². The fraction of sp³-hybridized carbons (Fsp3) is 0.846. The Hall–Kier alpha value is -1.06. The minimum Gasteiger partial charge on any atom is -0.481 e. The summed E-state index contributed by atoms with van der Waals surface area (Å²) in [7, 11) is 0. The van der Waals surface area contributed by atoms with Gasteiger partial charge in [-0.15, -0.1) is 0 Å². The van der Waals surface area contributed by atoms with Crippen LogP contribution in [0.4, 0.5) is 0 Å². The molecule has 0 aromatic heterocycles. The molecule has 1 rings (SSSR count). The smallest absolute Gasteiger partial charge is 0.311 e. The van der Waals surface area contributed by atoms with E-state index >= 15 is 0 Å². The van der Waals surface area contributed by atoms with E-state index in [1.54, 1.807) is 11.8 Å². The molecule has 4 heteroatoms. The Morgan fingerprint density at radius 3 is 2.35 bits per heavy atom. The van der Waals surface area contributed by atoms with Crippen LogP contribution in [0.5, 0.6) is 0 Å². The molecule has 1 aliphatic rings. The van der Waals surface area contributed by atoms with Crippen molar-refractivity contribution in [3.63, 3.8) is 0 Å². The predicted molar refractivity (Wildman–Crippen MR) is 65.6 cm³/mol. The van der Waals surface area contributed by atoms with Crippen molar-refractivity contribution in [3.8, 4) is 0 Å². The van der Waals surface area contributed by atoms with E-state index in [0.717, 1.165) is 12.8 Å². The number of carbonyl (C=O) groups is 2. The lowest BCUT2D eigenvalue weighted by Gasteiger charge is -2.22. The lowest BCUT2D eigenvalue weighted by Crippen LogP contribution is -2.35. The first-order chi connectivity index (χ1) is 7.92.